The van der Waals surface area contributed by atoms with Crippen LogP contribution in [0.1, 0.15) is 20.1 Å². The zero-order valence-electron chi connectivity index (χ0n) is 8.21. The quantitative estimate of drug-likeness (QED) is 0.696. The minimum atomic E-state index is -0.935. The maximum absolute atomic E-state index is 9.60. The number of aromatic nitrogens is 2. The van der Waals surface area contributed by atoms with Crippen LogP contribution in [0.15, 0.2) is 30.9 Å². The van der Waals surface area contributed by atoms with E-state index in [1.165, 1.54) is 6.92 Å². The number of aliphatic carboxylic acids is 1. The molecule has 14 heavy (non-hydrogen) atoms. The summed E-state index contributed by atoms with van der Waals surface area (Å²) in [4.78, 5) is 13.3. The molecule has 0 aliphatic carbocycles. The second-order valence-electron chi connectivity index (χ2n) is 2.73. The second-order valence-corrected chi connectivity index (χ2v) is 2.73. The highest BCUT2D eigenvalue weighted by Gasteiger charge is 1.92. The molecular formula is C9H14N2O3. The van der Waals surface area contributed by atoms with Gasteiger partial charge in [-0.25, -0.2) is 9.78 Å². The van der Waals surface area contributed by atoms with Crippen LogP contribution in [0.3, 0.4) is 0 Å². The van der Waals surface area contributed by atoms with Crippen LogP contribution in [0.4, 0.5) is 0 Å². The molecule has 1 unspecified atom stereocenters. The molecule has 1 rings (SSSR count). The Kier molecular flexibility index (Phi) is 5.24. The highest BCUT2D eigenvalue weighted by Crippen LogP contribution is 1.96. The van der Waals surface area contributed by atoms with Gasteiger partial charge in [-0.3, -0.25) is 0 Å². The molecule has 0 aliphatic rings. The number of rotatable bonds is 2. The monoisotopic (exact) mass is 198 g/mol. The third kappa shape index (κ3) is 5.10. The number of carboxylic acids is 1. The van der Waals surface area contributed by atoms with E-state index < -0.39 is 12.2 Å². The van der Waals surface area contributed by atoms with Crippen molar-refractivity contribution in [3.05, 3.63) is 30.9 Å². The molecule has 1 aromatic rings. The molecule has 2 N–H and O–H groups in total. The maximum atomic E-state index is 9.60. The summed E-state index contributed by atoms with van der Waals surface area (Å²) >= 11 is 0. The lowest BCUT2D eigenvalue weighted by molar-refractivity contribution is -0.132. The van der Waals surface area contributed by atoms with Gasteiger partial charge in [0.05, 0.1) is 6.33 Å². The van der Waals surface area contributed by atoms with Gasteiger partial charge in [0.1, 0.15) is 6.23 Å². The van der Waals surface area contributed by atoms with E-state index in [0.29, 0.717) is 0 Å². The minimum Gasteiger partial charge on any atom is -0.478 e. The van der Waals surface area contributed by atoms with E-state index in [9.17, 15) is 4.79 Å². The van der Waals surface area contributed by atoms with Gasteiger partial charge >= 0.3 is 5.97 Å². The Morgan fingerprint density at radius 3 is 2.29 bits per heavy atom. The average molecular weight is 198 g/mol. The van der Waals surface area contributed by atoms with Crippen molar-refractivity contribution >= 4 is 5.97 Å². The number of aliphatic hydroxyl groups excluding tert-OH is 1. The second kappa shape index (κ2) is 5.93. The van der Waals surface area contributed by atoms with Crippen molar-refractivity contribution in [2.24, 2.45) is 0 Å². The molecule has 0 saturated heterocycles. The summed E-state index contributed by atoms with van der Waals surface area (Å²) in [6.07, 6.45) is 4.46. The fourth-order valence-corrected chi connectivity index (χ4v) is 0.490. The van der Waals surface area contributed by atoms with Crippen molar-refractivity contribution in [3.8, 4) is 0 Å². The lowest BCUT2D eigenvalue weighted by Gasteiger charge is -2.01. The third-order valence-corrected chi connectivity index (χ3v) is 1.32. The molecule has 5 nitrogen and oxygen atoms in total. The van der Waals surface area contributed by atoms with Gasteiger partial charge in [0.25, 0.3) is 0 Å². The molecule has 1 aromatic heterocycles. The highest BCUT2D eigenvalue weighted by atomic mass is 16.4. The van der Waals surface area contributed by atoms with Crippen molar-refractivity contribution in [2.75, 3.05) is 0 Å². The number of aliphatic hydroxyl groups is 1. The number of hydrogen-bond donors (Lipinski definition) is 2. The maximum Gasteiger partial charge on any atom is 0.330 e. The number of carboxylic acid groups (broad SMARTS) is 1. The van der Waals surface area contributed by atoms with Crippen molar-refractivity contribution in [3.63, 3.8) is 0 Å². The van der Waals surface area contributed by atoms with Gasteiger partial charge in [0.15, 0.2) is 0 Å². The van der Waals surface area contributed by atoms with Gasteiger partial charge in [-0.05, 0) is 13.8 Å². The van der Waals surface area contributed by atoms with Gasteiger partial charge in [0, 0.05) is 18.0 Å². The fourth-order valence-electron chi connectivity index (χ4n) is 0.490. The summed E-state index contributed by atoms with van der Waals surface area (Å²) in [5, 5.41) is 16.7. The Hall–Kier alpha value is -1.62. The lowest BCUT2D eigenvalue weighted by atomic mass is 10.4. The summed E-state index contributed by atoms with van der Waals surface area (Å²) in [6, 6.07) is 0. The van der Waals surface area contributed by atoms with Crippen molar-refractivity contribution in [1.29, 1.82) is 0 Å². The van der Waals surface area contributed by atoms with Gasteiger partial charge in [-0.1, -0.05) is 6.58 Å². The normalized spacial score (nSPS) is 11.1. The Morgan fingerprint density at radius 2 is 2.14 bits per heavy atom. The summed E-state index contributed by atoms with van der Waals surface area (Å²) in [5.74, 6) is -0.935. The third-order valence-electron chi connectivity index (χ3n) is 1.32. The average Bonchev–Trinajstić information content (AvgIpc) is 2.56. The largest absolute Gasteiger partial charge is 0.478 e. The van der Waals surface area contributed by atoms with E-state index in [4.69, 9.17) is 10.2 Å². The van der Waals surface area contributed by atoms with Crippen molar-refractivity contribution < 1.29 is 15.0 Å². The highest BCUT2D eigenvalue weighted by molar-refractivity contribution is 5.84. The Morgan fingerprint density at radius 1 is 1.64 bits per heavy atom. The minimum absolute atomic E-state index is 0.176. The van der Waals surface area contributed by atoms with E-state index in [0.717, 1.165) is 0 Å². The molecule has 0 aliphatic heterocycles. The van der Waals surface area contributed by atoms with Crippen LogP contribution in [0, 0.1) is 0 Å². The van der Waals surface area contributed by atoms with E-state index >= 15 is 0 Å². The smallest absolute Gasteiger partial charge is 0.330 e. The number of carbonyl (C=O) groups is 1. The van der Waals surface area contributed by atoms with Gasteiger partial charge < -0.3 is 14.8 Å². The van der Waals surface area contributed by atoms with Crippen LogP contribution in [0.25, 0.3) is 0 Å². The summed E-state index contributed by atoms with van der Waals surface area (Å²) in [5.41, 5.74) is 0.176. The van der Waals surface area contributed by atoms with Crippen LogP contribution in [-0.4, -0.2) is 25.7 Å². The first kappa shape index (κ1) is 12.4. The molecule has 0 radical (unpaired) electrons. The van der Waals surface area contributed by atoms with E-state index in [1.54, 1.807) is 30.2 Å². The molecule has 0 spiro atoms. The number of hydrogen-bond acceptors (Lipinski definition) is 3. The Bertz CT molecular complexity index is 279. The molecule has 0 saturated carbocycles. The van der Waals surface area contributed by atoms with E-state index in [-0.39, 0.29) is 5.57 Å². The van der Waals surface area contributed by atoms with Gasteiger partial charge in [-0.15, -0.1) is 0 Å². The predicted molar refractivity (Wildman–Crippen MR) is 51.6 cm³/mol. The molecular weight excluding hydrogens is 184 g/mol. The molecule has 5 heteroatoms. The molecule has 0 fully saturated rings. The van der Waals surface area contributed by atoms with Crippen LogP contribution in [0.5, 0.6) is 0 Å². The van der Waals surface area contributed by atoms with Crippen LogP contribution in [-0.2, 0) is 4.79 Å². The van der Waals surface area contributed by atoms with Crippen molar-refractivity contribution in [2.45, 2.75) is 20.1 Å². The van der Waals surface area contributed by atoms with E-state index in [1.807, 2.05) is 0 Å². The summed E-state index contributed by atoms with van der Waals surface area (Å²) < 4.78 is 1.61. The molecule has 1 atom stereocenters. The van der Waals surface area contributed by atoms with Crippen LogP contribution < -0.4 is 0 Å². The van der Waals surface area contributed by atoms with E-state index in [2.05, 4.69) is 11.6 Å². The fraction of sp³-hybridized carbons (Fsp3) is 0.333. The number of imidazole rings is 1. The Labute approximate surface area is 82.3 Å². The molecule has 0 bridgehead atoms. The first-order valence-electron chi connectivity index (χ1n) is 3.99. The Balaban J connectivity index is 0.000000255. The van der Waals surface area contributed by atoms with Crippen LogP contribution >= 0.6 is 0 Å². The zero-order valence-corrected chi connectivity index (χ0v) is 8.21. The van der Waals surface area contributed by atoms with Gasteiger partial charge in [-0.2, -0.15) is 0 Å². The standard InChI is InChI=1S/C5H8N2O.C4H6O2/c1-5(8)7-3-2-6-4-7;1-3(2)4(5)6/h2-5,8H,1H3;1H2,2H3,(H,5,6). The number of nitrogens with zero attached hydrogens (tertiary/aromatic N) is 2. The SMILES string of the molecule is C=C(C)C(=O)O.CC(O)n1ccnc1. The topological polar surface area (TPSA) is 75.3 Å². The lowest BCUT2D eigenvalue weighted by Crippen LogP contribution is -1.98. The first-order chi connectivity index (χ1) is 6.45. The predicted octanol–water partition coefficient (Wildman–Crippen LogP) is 1.04. The molecule has 78 valence electrons. The molecule has 1 heterocycles. The molecule has 0 aromatic carbocycles. The van der Waals surface area contributed by atoms with Crippen molar-refractivity contribution in [1.82, 2.24) is 9.55 Å². The summed E-state index contributed by atoms with van der Waals surface area (Å²) in [7, 11) is 0. The molecule has 0 amide bonds. The van der Waals surface area contributed by atoms with Gasteiger partial charge in [0.2, 0.25) is 0 Å². The zero-order chi connectivity index (χ0) is 11.1. The first-order valence-corrected chi connectivity index (χ1v) is 3.99. The van der Waals surface area contributed by atoms with Crippen LogP contribution in [0.2, 0.25) is 0 Å². The summed E-state index contributed by atoms with van der Waals surface area (Å²) in [6.45, 7) is 6.28.